The van der Waals surface area contributed by atoms with Crippen molar-refractivity contribution in [3.63, 3.8) is 0 Å². The van der Waals surface area contributed by atoms with Crippen LogP contribution in [0.5, 0.6) is 5.75 Å². The molecule has 2 aromatic rings. The highest BCUT2D eigenvalue weighted by Gasteiger charge is 2.65. The summed E-state index contributed by atoms with van der Waals surface area (Å²) in [6.07, 6.45) is -4.72. The summed E-state index contributed by atoms with van der Waals surface area (Å²) < 4.78 is 81.7. The molecular formula is C25H27F5N2O4. The third-order valence-electron chi connectivity index (χ3n) is 7.42. The molecule has 6 nitrogen and oxygen atoms in total. The van der Waals surface area contributed by atoms with Crippen LogP contribution in [0.2, 0.25) is 0 Å². The zero-order chi connectivity index (χ0) is 26.7. The van der Waals surface area contributed by atoms with Crippen molar-refractivity contribution in [1.82, 2.24) is 4.98 Å². The second-order valence-corrected chi connectivity index (χ2v) is 9.68. The Labute approximate surface area is 204 Å². The summed E-state index contributed by atoms with van der Waals surface area (Å²) in [4.78, 5) is 29.8. The average Bonchev–Trinajstić information content (AvgIpc) is 3.60. The number of pyridine rings is 1. The van der Waals surface area contributed by atoms with E-state index >= 15 is 0 Å². The molecule has 1 aliphatic carbocycles. The minimum atomic E-state index is -4.81. The number of methoxy groups -OCH3 is 1. The zero-order valence-corrected chi connectivity index (χ0v) is 20.4. The van der Waals surface area contributed by atoms with Gasteiger partial charge in [0.05, 0.1) is 7.11 Å². The van der Waals surface area contributed by atoms with Gasteiger partial charge in [-0.3, -0.25) is 9.59 Å². The van der Waals surface area contributed by atoms with Crippen molar-refractivity contribution < 1.29 is 36.2 Å². The number of anilines is 1. The average molecular weight is 514 g/mol. The summed E-state index contributed by atoms with van der Waals surface area (Å²) in [6, 6.07) is 3.08. The molecular weight excluding hydrogens is 487 g/mol. The molecule has 0 bridgehead atoms. The minimum Gasteiger partial charge on any atom is -0.493 e. The maximum absolute atomic E-state index is 14.6. The number of carbonyl (C=O) groups excluding carboxylic acids is 1. The number of carbonyl (C=O) groups is 1. The van der Waals surface area contributed by atoms with Crippen LogP contribution in [0.1, 0.15) is 55.7 Å². The normalized spacial score (nSPS) is 26.2. The highest BCUT2D eigenvalue weighted by molar-refractivity contribution is 5.96. The lowest BCUT2D eigenvalue weighted by molar-refractivity contribution is -0.275. The highest BCUT2D eigenvalue weighted by atomic mass is 19.4. The van der Waals surface area contributed by atoms with E-state index in [1.165, 1.54) is 25.8 Å². The summed E-state index contributed by atoms with van der Waals surface area (Å²) in [5, 5.41) is 0. The van der Waals surface area contributed by atoms with Crippen LogP contribution in [0.15, 0.2) is 23.0 Å². The molecule has 11 heteroatoms. The summed E-state index contributed by atoms with van der Waals surface area (Å²) in [6.45, 7) is 3.73. The maximum atomic E-state index is 14.6. The number of halogens is 5. The van der Waals surface area contributed by atoms with Crippen molar-refractivity contribution >= 4 is 11.6 Å². The van der Waals surface area contributed by atoms with Crippen LogP contribution in [0.4, 0.5) is 27.6 Å². The van der Waals surface area contributed by atoms with Crippen molar-refractivity contribution in [2.45, 2.75) is 57.4 Å². The number of benzene rings is 1. The van der Waals surface area contributed by atoms with Gasteiger partial charge in [0, 0.05) is 47.8 Å². The first-order valence-corrected chi connectivity index (χ1v) is 11.5. The second kappa shape index (κ2) is 8.86. The lowest BCUT2D eigenvalue weighted by Gasteiger charge is -2.32. The molecule has 1 aliphatic heterocycles. The Morgan fingerprint density at radius 2 is 1.89 bits per heavy atom. The van der Waals surface area contributed by atoms with Crippen molar-refractivity contribution in [2.24, 2.45) is 11.8 Å². The van der Waals surface area contributed by atoms with Gasteiger partial charge in [-0.2, -0.15) is 17.6 Å². The molecule has 196 valence electrons. The number of nitrogens with one attached hydrogen (secondary N) is 1. The number of H-pyrrole nitrogens is 1. The first-order valence-electron chi connectivity index (χ1n) is 11.5. The predicted octanol–water partition coefficient (Wildman–Crippen LogP) is 5.16. The lowest BCUT2D eigenvalue weighted by atomic mass is 9.76. The first-order chi connectivity index (χ1) is 16.7. The summed E-state index contributed by atoms with van der Waals surface area (Å²) in [5.41, 5.74) is -2.90. The largest absolute Gasteiger partial charge is 0.493 e. The molecule has 2 heterocycles. The molecule has 1 saturated carbocycles. The number of nitrogens with zero attached hydrogens (tertiary/aromatic N) is 1. The first kappa shape index (κ1) is 26.1. The van der Waals surface area contributed by atoms with Crippen LogP contribution in [0.25, 0.3) is 0 Å². The van der Waals surface area contributed by atoms with Crippen LogP contribution in [0, 0.1) is 30.4 Å². The van der Waals surface area contributed by atoms with E-state index in [1.54, 1.807) is 0 Å². The molecule has 0 spiro atoms. The molecule has 1 aromatic carbocycles. The van der Waals surface area contributed by atoms with E-state index in [0.29, 0.717) is 0 Å². The Morgan fingerprint density at radius 3 is 2.42 bits per heavy atom. The Kier molecular flexibility index (Phi) is 6.43. The van der Waals surface area contributed by atoms with Gasteiger partial charge in [0.15, 0.2) is 17.2 Å². The van der Waals surface area contributed by atoms with E-state index in [-0.39, 0.29) is 34.5 Å². The van der Waals surface area contributed by atoms with Gasteiger partial charge in [0.25, 0.3) is 0 Å². The molecule has 4 rings (SSSR count). The quantitative estimate of drug-likeness (QED) is 0.560. The Balaban J connectivity index is 1.86. The van der Waals surface area contributed by atoms with Crippen LogP contribution < -0.4 is 15.1 Å². The zero-order valence-electron chi connectivity index (χ0n) is 20.4. The topological polar surface area (TPSA) is 71.6 Å². The molecule has 36 heavy (non-hydrogen) atoms. The molecule has 2 aliphatic rings. The predicted molar refractivity (Wildman–Crippen MR) is 121 cm³/mol. The van der Waals surface area contributed by atoms with E-state index in [4.69, 9.17) is 9.47 Å². The molecule has 1 saturated heterocycles. The number of rotatable bonds is 5. The lowest BCUT2D eigenvalue weighted by Crippen LogP contribution is -2.46. The summed E-state index contributed by atoms with van der Waals surface area (Å²) in [7, 11) is 2.56. The number of hydrogen-bond acceptors (Lipinski definition) is 4. The summed E-state index contributed by atoms with van der Waals surface area (Å²) in [5.74, 6) is -5.87. The van der Waals surface area contributed by atoms with Crippen LogP contribution in [-0.2, 0) is 9.53 Å². The van der Waals surface area contributed by atoms with Crippen LogP contribution in [-0.4, -0.2) is 36.8 Å². The van der Waals surface area contributed by atoms with Gasteiger partial charge in [-0.25, -0.2) is 4.39 Å². The smallest absolute Gasteiger partial charge is 0.417 e. The van der Waals surface area contributed by atoms with Gasteiger partial charge in [0.2, 0.25) is 17.2 Å². The Morgan fingerprint density at radius 1 is 1.25 bits per heavy atom. The SMILES string of the molecule is COc1c([C@H]2[C@H](c3cc(=O)c(N(C)C(=O)C4CC4)c(C)[nH]3)O[C@@](C)(C(F)(F)F)[C@H]2C)ccc(F)c1F. The van der Waals surface area contributed by atoms with Crippen molar-refractivity contribution in [3.8, 4) is 5.75 Å². The molecule has 2 fully saturated rings. The van der Waals surface area contributed by atoms with Crippen LogP contribution >= 0.6 is 0 Å². The number of ether oxygens (including phenoxy) is 2. The van der Waals surface area contributed by atoms with Gasteiger partial charge in [-0.15, -0.1) is 0 Å². The summed E-state index contributed by atoms with van der Waals surface area (Å²) >= 11 is 0. The molecule has 1 N–H and O–H groups in total. The Bertz CT molecular complexity index is 1260. The fraction of sp³-hybridized carbons (Fsp3) is 0.520. The molecule has 1 amide bonds. The fourth-order valence-corrected chi connectivity index (χ4v) is 5.07. The minimum absolute atomic E-state index is 0.0186. The van der Waals surface area contributed by atoms with Gasteiger partial charge >= 0.3 is 6.18 Å². The van der Waals surface area contributed by atoms with Crippen molar-refractivity contribution in [1.29, 1.82) is 0 Å². The standard InChI is InChI=1S/C25H27F5N2O4/c1-11-18(14-8-9-15(26)19(27)21(14)35-5)22(36-24(11,3)25(28,29)30)16-10-17(33)20(12(2)31-16)32(4)23(34)13-6-7-13/h8-11,13,18,22H,6-7H2,1-5H3,(H,31,33)/t11-,18-,22-,24+/m0/s1. The Hall–Kier alpha value is -2.95. The van der Waals surface area contributed by atoms with Crippen molar-refractivity contribution in [2.75, 3.05) is 19.1 Å². The second-order valence-electron chi connectivity index (χ2n) is 9.68. The third kappa shape index (κ3) is 4.07. The van der Waals surface area contributed by atoms with E-state index in [9.17, 15) is 31.5 Å². The molecule has 0 radical (unpaired) electrons. The number of aromatic nitrogens is 1. The van der Waals surface area contributed by atoms with Gasteiger partial charge in [0.1, 0.15) is 11.8 Å². The van der Waals surface area contributed by atoms with E-state index in [2.05, 4.69) is 4.98 Å². The van der Waals surface area contributed by atoms with Gasteiger partial charge < -0.3 is 19.4 Å². The van der Waals surface area contributed by atoms with Crippen LogP contribution in [0.3, 0.4) is 0 Å². The van der Waals surface area contributed by atoms with Gasteiger partial charge in [-0.05, 0) is 32.8 Å². The number of amides is 1. The van der Waals surface area contributed by atoms with E-state index in [0.717, 1.165) is 45.1 Å². The third-order valence-corrected chi connectivity index (χ3v) is 7.42. The molecule has 1 aromatic heterocycles. The van der Waals surface area contributed by atoms with Crippen molar-refractivity contribution in [3.05, 3.63) is 57.0 Å². The monoisotopic (exact) mass is 514 g/mol. The number of hydrogen-bond donors (Lipinski definition) is 1. The van der Waals surface area contributed by atoms with Gasteiger partial charge in [-0.1, -0.05) is 13.0 Å². The number of alkyl halides is 3. The maximum Gasteiger partial charge on any atom is 0.417 e. The van der Waals surface area contributed by atoms with E-state index in [1.807, 2.05) is 0 Å². The number of aromatic amines is 1. The van der Waals surface area contributed by atoms with E-state index < -0.39 is 52.5 Å². The fourth-order valence-electron chi connectivity index (χ4n) is 5.07. The number of aryl methyl sites for hydroxylation is 1. The highest BCUT2D eigenvalue weighted by Crippen LogP contribution is 2.59. The molecule has 0 unspecified atom stereocenters. The molecule has 4 atom stereocenters.